The normalized spacial score (nSPS) is 18.1. The monoisotopic (exact) mass is 272 g/mol. The van der Waals surface area contributed by atoms with E-state index in [9.17, 15) is 4.79 Å². The van der Waals surface area contributed by atoms with Crippen LogP contribution in [0.15, 0.2) is 30.3 Å². The summed E-state index contributed by atoms with van der Waals surface area (Å²) in [6.07, 6.45) is 9.75. The maximum atomic E-state index is 11.8. The Bertz CT molecular complexity index is 470. The summed E-state index contributed by atoms with van der Waals surface area (Å²) in [5, 5.41) is 3.02. The smallest absolute Gasteiger partial charge is 0.244 e. The van der Waals surface area contributed by atoms with Crippen molar-refractivity contribution in [2.75, 3.05) is 12.3 Å². The van der Waals surface area contributed by atoms with E-state index in [1.807, 2.05) is 30.3 Å². The van der Waals surface area contributed by atoms with Gasteiger partial charge in [0.15, 0.2) is 0 Å². The number of hydrogen-bond acceptors (Lipinski definition) is 2. The van der Waals surface area contributed by atoms with Crippen LogP contribution >= 0.6 is 0 Å². The predicted molar refractivity (Wildman–Crippen MR) is 84.1 cm³/mol. The molecule has 1 aliphatic rings. The maximum Gasteiger partial charge on any atom is 0.244 e. The lowest BCUT2D eigenvalue weighted by atomic mass is 9.76. The molecule has 0 unspecified atom stereocenters. The fraction of sp³-hybridized carbons (Fsp3) is 0.471. The minimum Gasteiger partial charge on any atom is -0.399 e. The summed E-state index contributed by atoms with van der Waals surface area (Å²) in [5.74, 6) is -0.0198. The zero-order valence-corrected chi connectivity index (χ0v) is 12.2. The highest BCUT2D eigenvalue weighted by Gasteiger charge is 2.26. The summed E-state index contributed by atoms with van der Waals surface area (Å²) in [7, 11) is 0. The first kappa shape index (κ1) is 14.6. The number of carbonyl (C=O) groups excluding carboxylic acids is 1. The Balaban J connectivity index is 1.81. The molecule has 0 aromatic heterocycles. The third-order valence-corrected chi connectivity index (χ3v) is 4.11. The Morgan fingerprint density at radius 3 is 2.55 bits per heavy atom. The van der Waals surface area contributed by atoms with E-state index in [0.717, 1.165) is 17.8 Å². The summed E-state index contributed by atoms with van der Waals surface area (Å²) in [5.41, 5.74) is 7.62. The van der Waals surface area contributed by atoms with Gasteiger partial charge in [-0.15, -0.1) is 0 Å². The Hall–Kier alpha value is -1.77. The summed E-state index contributed by atoms with van der Waals surface area (Å²) < 4.78 is 0. The van der Waals surface area contributed by atoms with E-state index in [1.165, 1.54) is 32.1 Å². The number of amides is 1. The lowest BCUT2D eigenvalue weighted by Gasteiger charge is -2.33. The molecule has 1 aromatic rings. The van der Waals surface area contributed by atoms with Gasteiger partial charge < -0.3 is 11.1 Å². The molecule has 1 amide bonds. The van der Waals surface area contributed by atoms with Crippen molar-refractivity contribution in [1.29, 1.82) is 0 Å². The van der Waals surface area contributed by atoms with Gasteiger partial charge in [0.05, 0.1) is 0 Å². The molecule has 0 aliphatic heterocycles. The number of nitrogens with two attached hydrogens (primary N) is 1. The molecule has 0 saturated heterocycles. The van der Waals surface area contributed by atoms with Gasteiger partial charge in [-0.25, -0.2) is 0 Å². The molecule has 3 heteroatoms. The van der Waals surface area contributed by atoms with Crippen LogP contribution in [-0.4, -0.2) is 12.5 Å². The first-order valence-electron chi connectivity index (χ1n) is 7.39. The Morgan fingerprint density at radius 2 is 1.90 bits per heavy atom. The molecule has 1 aromatic carbocycles. The Morgan fingerprint density at radius 1 is 1.25 bits per heavy atom. The second-order valence-electron chi connectivity index (χ2n) is 6.09. The molecule has 1 saturated carbocycles. The summed E-state index contributed by atoms with van der Waals surface area (Å²) in [6.45, 7) is 3.05. The van der Waals surface area contributed by atoms with Crippen LogP contribution in [0.1, 0.15) is 44.6 Å². The van der Waals surface area contributed by atoms with Gasteiger partial charge in [0.25, 0.3) is 0 Å². The second-order valence-corrected chi connectivity index (χ2v) is 6.09. The van der Waals surface area contributed by atoms with Crippen LogP contribution < -0.4 is 11.1 Å². The predicted octanol–water partition coefficient (Wildman–Crippen LogP) is 3.37. The van der Waals surface area contributed by atoms with Gasteiger partial charge >= 0.3 is 0 Å². The highest BCUT2D eigenvalue weighted by Crippen LogP contribution is 2.34. The van der Waals surface area contributed by atoms with Crippen LogP contribution in [0.4, 0.5) is 5.69 Å². The average molecular weight is 272 g/mol. The number of rotatable bonds is 4. The fourth-order valence-corrected chi connectivity index (χ4v) is 2.72. The molecular formula is C17H24N2O. The first-order chi connectivity index (χ1) is 9.57. The van der Waals surface area contributed by atoms with Crippen molar-refractivity contribution in [3.63, 3.8) is 0 Å². The highest BCUT2D eigenvalue weighted by atomic mass is 16.1. The summed E-state index contributed by atoms with van der Waals surface area (Å²) in [6, 6.07) is 7.48. The largest absolute Gasteiger partial charge is 0.399 e. The van der Waals surface area contributed by atoms with Crippen molar-refractivity contribution < 1.29 is 4.79 Å². The van der Waals surface area contributed by atoms with Crippen molar-refractivity contribution in [2.24, 2.45) is 5.41 Å². The van der Waals surface area contributed by atoms with E-state index in [0.29, 0.717) is 0 Å². The lowest BCUT2D eigenvalue weighted by Crippen LogP contribution is -2.36. The standard InChI is InChI=1S/C17H24N2O/c1-17(11-3-2-4-12-17)13-19-16(20)10-7-14-5-8-15(18)9-6-14/h5-10H,2-4,11-13,18H2,1H3,(H,19,20)/b10-7+. The van der Waals surface area contributed by atoms with Gasteiger partial charge in [-0.1, -0.05) is 38.3 Å². The number of nitrogen functional groups attached to an aromatic ring is 1. The molecule has 0 spiro atoms. The molecular weight excluding hydrogens is 248 g/mol. The minimum atomic E-state index is -0.0198. The van der Waals surface area contributed by atoms with Crippen molar-refractivity contribution >= 4 is 17.7 Å². The third kappa shape index (κ3) is 4.41. The van der Waals surface area contributed by atoms with E-state index >= 15 is 0 Å². The van der Waals surface area contributed by atoms with Gasteiger partial charge in [0, 0.05) is 18.3 Å². The molecule has 2 rings (SSSR count). The molecule has 0 atom stereocenters. The molecule has 3 nitrogen and oxygen atoms in total. The van der Waals surface area contributed by atoms with Crippen LogP contribution in [0, 0.1) is 5.41 Å². The fourth-order valence-electron chi connectivity index (χ4n) is 2.72. The summed E-state index contributed by atoms with van der Waals surface area (Å²) in [4.78, 5) is 11.8. The van der Waals surface area contributed by atoms with Crippen LogP contribution in [0.5, 0.6) is 0 Å². The molecule has 20 heavy (non-hydrogen) atoms. The molecule has 1 aliphatic carbocycles. The minimum absolute atomic E-state index is 0.0198. The lowest BCUT2D eigenvalue weighted by molar-refractivity contribution is -0.117. The SMILES string of the molecule is CC1(CNC(=O)/C=C/c2ccc(N)cc2)CCCCC1. The van der Waals surface area contributed by atoms with Gasteiger partial charge in [-0.2, -0.15) is 0 Å². The third-order valence-electron chi connectivity index (χ3n) is 4.11. The molecule has 0 bridgehead atoms. The van der Waals surface area contributed by atoms with Crippen LogP contribution in [0.2, 0.25) is 0 Å². The van der Waals surface area contributed by atoms with E-state index in [1.54, 1.807) is 6.08 Å². The summed E-state index contributed by atoms with van der Waals surface area (Å²) >= 11 is 0. The zero-order chi connectivity index (χ0) is 14.4. The number of hydrogen-bond donors (Lipinski definition) is 2. The van der Waals surface area contributed by atoms with Crippen LogP contribution in [0.3, 0.4) is 0 Å². The van der Waals surface area contributed by atoms with Gasteiger partial charge in [0.1, 0.15) is 0 Å². The molecule has 0 heterocycles. The topological polar surface area (TPSA) is 55.1 Å². The average Bonchev–Trinajstić information content (AvgIpc) is 2.45. The van der Waals surface area contributed by atoms with Gasteiger partial charge in [0.2, 0.25) is 5.91 Å². The Kier molecular flexibility index (Phi) is 4.83. The van der Waals surface area contributed by atoms with Crippen LogP contribution in [-0.2, 0) is 4.79 Å². The molecule has 108 valence electrons. The maximum absolute atomic E-state index is 11.8. The molecule has 1 fully saturated rings. The Labute approximate surface area is 121 Å². The number of carbonyl (C=O) groups is 1. The van der Waals surface area contributed by atoms with E-state index in [2.05, 4.69) is 12.2 Å². The van der Waals surface area contributed by atoms with Crippen molar-refractivity contribution in [1.82, 2.24) is 5.32 Å². The van der Waals surface area contributed by atoms with E-state index in [4.69, 9.17) is 5.73 Å². The molecule has 0 radical (unpaired) electrons. The first-order valence-corrected chi connectivity index (χ1v) is 7.39. The van der Waals surface area contributed by atoms with Crippen molar-refractivity contribution in [2.45, 2.75) is 39.0 Å². The number of benzene rings is 1. The number of nitrogens with one attached hydrogen (secondary N) is 1. The zero-order valence-electron chi connectivity index (χ0n) is 12.2. The van der Waals surface area contributed by atoms with Gasteiger partial charge in [-0.05, 0) is 42.0 Å². The van der Waals surface area contributed by atoms with Gasteiger partial charge in [-0.3, -0.25) is 4.79 Å². The van der Waals surface area contributed by atoms with E-state index < -0.39 is 0 Å². The highest BCUT2D eigenvalue weighted by molar-refractivity contribution is 5.91. The van der Waals surface area contributed by atoms with Crippen molar-refractivity contribution in [3.05, 3.63) is 35.9 Å². The van der Waals surface area contributed by atoms with Crippen LogP contribution in [0.25, 0.3) is 6.08 Å². The van der Waals surface area contributed by atoms with Crippen molar-refractivity contribution in [3.8, 4) is 0 Å². The number of anilines is 1. The molecule has 3 N–H and O–H groups in total. The second kappa shape index (κ2) is 6.60. The van der Waals surface area contributed by atoms with E-state index in [-0.39, 0.29) is 11.3 Å². The quantitative estimate of drug-likeness (QED) is 0.652.